The van der Waals surface area contributed by atoms with Crippen molar-refractivity contribution in [2.45, 2.75) is 20.3 Å². The first-order chi connectivity index (χ1) is 11.5. The van der Waals surface area contributed by atoms with Gasteiger partial charge in [-0.2, -0.15) is 0 Å². The summed E-state index contributed by atoms with van der Waals surface area (Å²) in [6.45, 7) is 4.85. The molecule has 0 radical (unpaired) electrons. The lowest BCUT2D eigenvalue weighted by Gasteiger charge is -2.10. The normalized spacial score (nSPS) is 10.3. The van der Waals surface area contributed by atoms with E-state index < -0.39 is 0 Å². The van der Waals surface area contributed by atoms with E-state index in [2.05, 4.69) is 29.8 Å². The van der Waals surface area contributed by atoms with Crippen LogP contribution in [0.4, 0.5) is 16.2 Å². The molecule has 24 heavy (non-hydrogen) atoms. The SMILES string of the molecule is CC(C)CCNC(=O)Nc1cccc(NC(=O)c2ccccc2)c1. The van der Waals surface area contributed by atoms with Crippen LogP contribution in [0.1, 0.15) is 30.6 Å². The summed E-state index contributed by atoms with van der Waals surface area (Å²) in [6.07, 6.45) is 0.931. The molecule has 0 saturated carbocycles. The molecule has 0 aromatic heterocycles. The highest BCUT2D eigenvalue weighted by atomic mass is 16.2. The first-order valence-corrected chi connectivity index (χ1v) is 8.06. The smallest absolute Gasteiger partial charge is 0.319 e. The van der Waals surface area contributed by atoms with Gasteiger partial charge in [0.25, 0.3) is 5.91 Å². The summed E-state index contributed by atoms with van der Waals surface area (Å²) in [5.74, 6) is 0.357. The molecule has 126 valence electrons. The molecule has 0 bridgehead atoms. The average molecular weight is 325 g/mol. The number of benzene rings is 2. The van der Waals surface area contributed by atoms with Crippen molar-refractivity contribution in [2.75, 3.05) is 17.2 Å². The predicted molar refractivity (Wildman–Crippen MR) is 97.3 cm³/mol. The minimum absolute atomic E-state index is 0.186. The zero-order chi connectivity index (χ0) is 17.4. The van der Waals surface area contributed by atoms with Gasteiger partial charge in [-0.25, -0.2) is 4.79 Å². The maximum Gasteiger partial charge on any atom is 0.319 e. The predicted octanol–water partition coefficient (Wildman–Crippen LogP) is 4.11. The Morgan fingerprint density at radius 2 is 1.58 bits per heavy atom. The summed E-state index contributed by atoms with van der Waals surface area (Å²) < 4.78 is 0. The molecule has 0 unspecified atom stereocenters. The van der Waals surface area contributed by atoms with Gasteiger partial charge in [0.2, 0.25) is 0 Å². The summed E-state index contributed by atoms with van der Waals surface area (Å²) in [4.78, 5) is 24.0. The van der Waals surface area contributed by atoms with E-state index in [1.165, 1.54) is 0 Å². The van der Waals surface area contributed by atoms with E-state index in [-0.39, 0.29) is 11.9 Å². The van der Waals surface area contributed by atoms with Crippen molar-refractivity contribution in [1.82, 2.24) is 5.32 Å². The lowest BCUT2D eigenvalue weighted by molar-refractivity contribution is 0.102. The summed E-state index contributed by atoms with van der Waals surface area (Å²) in [5, 5.41) is 8.40. The molecule has 0 atom stereocenters. The molecule has 2 rings (SSSR count). The lowest BCUT2D eigenvalue weighted by Crippen LogP contribution is -2.30. The van der Waals surface area contributed by atoms with Crippen molar-refractivity contribution < 1.29 is 9.59 Å². The standard InChI is InChI=1S/C19H23N3O2/c1-14(2)11-12-20-19(24)22-17-10-6-9-16(13-17)21-18(23)15-7-4-3-5-8-15/h3-10,13-14H,11-12H2,1-2H3,(H,21,23)(H2,20,22,24). The molecular formula is C19H23N3O2. The van der Waals surface area contributed by atoms with Gasteiger partial charge in [0, 0.05) is 23.5 Å². The van der Waals surface area contributed by atoms with Crippen molar-refractivity contribution in [3.63, 3.8) is 0 Å². The van der Waals surface area contributed by atoms with Crippen LogP contribution in [-0.4, -0.2) is 18.5 Å². The van der Waals surface area contributed by atoms with E-state index in [4.69, 9.17) is 0 Å². The Bertz CT molecular complexity index is 684. The average Bonchev–Trinajstić information content (AvgIpc) is 2.55. The fourth-order valence-corrected chi connectivity index (χ4v) is 2.12. The Morgan fingerprint density at radius 1 is 0.917 bits per heavy atom. The number of hydrogen-bond donors (Lipinski definition) is 3. The first-order valence-electron chi connectivity index (χ1n) is 8.06. The van der Waals surface area contributed by atoms with Crippen molar-refractivity contribution in [3.05, 3.63) is 60.2 Å². The van der Waals surface area contributed by atoms with Gasteiger partial charge in [0.05, 0.1) is 0 Å². The fourth-order valence-electron chi connectivity index (χ4n) is 2.12. The van der Waals surface area contributed by atoms with Gasteiger partial charge >= 0.3 is 6.03 Å². The van der Waals surface area contributed by atoms with Gasteiger partial charge in [-0.1, -0.05) is 38.1 Å². The first kappa shape index (κ1) is 17.5. The molecule has 5 nitrogen and oxygen atoms in total. The number of anilines is 2. The molecule has 5 heteroatoms. The van der Waals surface area contributed by atoms with E-state index in [9.17, 15) is 9.59 Å². The highest BCUT2D eigenvalue weighted by Crippen LogP contribution is 2.16. The van der Waals surface area contributed by atoms with Crippen LogP contribution in [0.15, 0.2) is 54.6 Å². The van der Waals surface area contributed by atoms with Crippen molar-refractivity contribution in [3.8, 4) is 0 Å². The highest BCUT2D eigenvalue weighted by molar-refractivity contribution is 6.04. The maximum atomic E-state index is 12.1. The minimum Gasteiger partial charge on any atom is -0.338 e. The fraction of sp³-hybridized carbons (Fsp3) is 0.263. The van der Waals surface area contributed by atoms with Gasteiger partial charge in [-0.05, 0) is 42.7 Å². The molecule has 0 aliphatic heterocycles. The topological polar surface area (TPSA) is 70.2 Å². The Labute approximate surface area is 142 Å². The third kappa shape index (κ3) is 5.76. The van der Waals surface area contributed by atoms with Gasteiger partial charge < -0.3 is 16.0 Å². The minimum atomic E-state index is -0.248. The van der Waals surface area contributed by atoms with E-state index in [0.29, 0.717) is 29.4 Å². The Kier molecular flexibility index (Phi) is 6.37. The van der Waals surface area contributed by atoms with E-state index >= 15 is 0 Å². The van der Waals surface area contributed by atoms with Crippen molar-refractivity contribution >= 4 is 23.3 Å². The zero-order valence-corrected chi connectivity index (χ0v) is 14.0. The van der Waals surface area contributed by atoms with Gasteiger partial charge in [-0.15, -0.1) is 0 Å². The number of urea groups is 1. The second kappa shape index (κ2) is 8.72. The van der Waals surface area contributed by atoms with Crippen LogP contribution in [0.5, 0.6) is 0 Å². The third-order valence-electron chi connectivity index (χ3n) is 3.42. The number of amides is 3. The Hall–Kier alpha value is -2.82. The second-order valence-electron chi connectivity index (χ2n) is 5.96. The molecule has 0 aliphatic rings. The van der Waals surface area contributed by atoms with Gasteiger partial charge in [0.1, 0.15) is 0 Å². The van der Waals surface area contributed by atoms with Crippen LogP contribution in [0, 0.1) is 5.92 Å². The number of carbonyl (C=O) groups is 2. The Balaban J connectivity index is 1.91. The second-order valence-corrected chi connectivity index (χ2v) is 5.96. The number of nitrogens with one attached hydrogen (secondary N) is 3. The summed E-state index contributed by atoms with van der Waals surface area (Å²) in [5.41, 5.74) is 1.84. The zero-order valence-electron chi connectivity index (χ0n) is 14.0. The van der Waals surface area contributed by atoms with Crippen LogP contribution in [0.3, 0.4) is 0 Å². The van der Waals surface area contributed by atoms with E-state index in [1.807, 2.05) is 18.2 Å². The van der Waals surface area contributed by atoms with Crippen LogP contribution >= 0.6 is 0 Å². The molecule has 2 aromatic rings. The van der Waals surface area contributed by atoms with Gasteiger partial charge in [-0.3, -0.25) is 4.79 Å². The molecule has 2 aromatic carbocycles. The van der Waals surface area contributed by atoms with Crippen LogP contribution in [0.2, 0.25) is 0 Å². The maximum absolute atomic E-state index is 12.1. The molecule has 3 amide bonds. The third-order valence-corrected chi connectivity index (χ3v) is 3.42. The summed E-state index contributed by atoms with van der Waals surface area (Å²) in [6, 6.07) is 15.8. The van der Waals surface area contributed by atoms with Crippen molar-refractivity contribution in [2.24, 2.45) is 5.92 Å². The molecule has 0 aliphatic carbocycles. The summed E-state index contributed by atoms with van der Waals surface area (Å²) in [7, 11) is 0. The molecule has 0 heterocycles. The van der Waals surface area contributed by atoms with Crippen LogP contribution < -0.4 is 16.0 Å². The monoisotopic (exact) mass is 325 g/mol. The largest absolute Gasteiger partial charge is 0.338 e. The molecular weight excluding hydrogens is 302 g/mol. The molecule has 0 spiro atoms. The molecule has 0 saturated heterocycles. The molecule has 3 N–H and O–H groups in total. The number of rotatable bonds is 6. The van der Waals surface area contributed by atoms with Crippen molar-refractivity contribution in [1.29, 1.82) is 0 Å². The number of hydrogen-bond acceptors (Lipinski definition) is 2. The molecule has 0 fully saturated rings. The highest BCUT2D eigenvalue weighted by Gasteiger charge is 2.07. The number of carbonyl (C=O) groups excluding carboxylic acids is 2. The summed E-state index contributed by atoms with van der Waals surface area (Å²) >= 11 is 0. The quantitative estimate of drug-likeness (QED) is 0.748. The van der Waals surface area contributed by atoms with Gasteiger partial charge in [0.15, 0.2) is 0 Å². The lowest BCUT2D eigenvalue weighted by atomic mass is 10.1. The van der Waals surface area contributed by atoms with E-state index in [0.717, 1.165) is 6.42 Å². The van der Waals surface area contributed by atoms with Crippen LogP contribution in [0.25, 0.3) is 0 Å². The Morgan fingerprint density at radius 3 is 2.25 bits per heavy atom. The van der Waals surface area contributed by atoms with E-state index in [1.54, 1.807) is 36.4 Å². The van der Waals surface area contributed by atoms with Crippen LogP contribution in [-0.2, 0) is 0 Å².